The summed E-state index contributed by atoms with van der Waals surface area (Å²) in [6.45, 7) is 0. The van der Waals surface area contributed by atoms with Crippen molar-refractivity contribution in [1.82, 2.24) is 9.97 Å². The monoisotopic (exact) mass is 287 g/mol. The minimum absolute atomic E-state index is 0.0536. The number of hydrazine groups is 1. The Hall–Kier alpha value is -1.63. The Kier molecular flexibility index (Phi) is 3.81. The summed E-state index contributed by atoms with van der Waals surface area (Å²) in [7, 11) is 0. The van der Waals surface area contributed by atoms with Gasteiger partial charge in [-0.1, -0.05) is 29.3 Å². The van der Waals surface area contributed by atoms with Crippen LogP contribution in [-0.4, -0.2) is 9.97 Å². The molecule has 2 aromatic rings. The number of hydrogen-bond donors (Lipinski definition) is 3. The van der Waals surface area contributed by atoms with Crippen molar-refractivity contribution < 1.29 is 4.39 Å². The van der Waals surface area contributed by atoms with E-state index in [1.165, 1.54) is 0 Å². The van der Waals surface area contributed by atoms with Crippen LogP contribution >= 0.6 is 23.2 Å². The van der Waals surface area contributed by atoms with Crippen LogP contribution in [0.15, 0.2) is 24.4 Å². The van der Waals surface area contributed by atoms with Crippen LogP contribution in [0.25, 0.3) is 0 Å². The van der Waals surface area contributed by atoms with Gasteiger partial charge in [0.25, 0.3) is 0 Å². The molecule has 0 saturated carbocycles. The lowest BCUT2D eigenvalue weighted by Gasteiger charge is -2.09. The number of aromatic nitrogens is 2. The van der Waals surface area contributed by atoms with E-state index in [-0.39, 0.29) is 16.8 Å². The molecular formula is C10H8Cl2FN5. The molecule has 0 spiro atoms. The van der Waals surface area contributed by atoms with E-state index < -0.39 is 5.82 Å². The van der Waals surface area contributed by atoms with E-state index in [9.17, 15) is 4.39 Å². The zero-order valence-electron chi connectivity index (χ0n) is 8.92. The highest BCUT2D eigenvalue weighted by Gasteiger charge is 2.10. The molecule has 5 nitrogen and oxygen atoms in total. The predicted molar refractivity (Wildman–Crippen MR) is 69.5 cm³/mol. The SMILES string of the molecule is NNc1ncc(F)c(Nc2cccc(Cl)c2Cl)n1. The van der Waals surface area contributed by atoms with E-state index in [0.717, 1.165) is 6.20 Å². The van der Waals surface area contributed by atoms with Gasteiger partial charge in [-0.2, -0.15) is 4.98 Å². The van der Waals surface area contributed by atoms with Crippen molar-refractivity contribution >= 4 is 40.7 Å². The van der Waals surface area contributed by atoms with Gasteiger partial charge in [0.1, 0.15) is 0 Å². The van der Waals surface area contributed by atoms with Crippen LogP contribution in [0.5, 0.6) is 0 Å². The number of hydrogen-bond acceptors (Lipinski definition) is 5. The largest absolute Gasteiger partial charge is 0.336 e. The van der Waals surface area contributed by atoms with Crippen LogP contribution in [0.3, 0.4) is 0 Å². The number of nitrogen functional groups attached to an aromatic ring is 1. The van der Waals surface area contributed by atoms with Gasteiger partial charge in [0.05, 0.1) is 21.9 Å². The third-order valence-electron chi connectivity index (χ3n) is 2.08. The topological polar surface area (TPSA) is 75.9 Å². The maximum atomic E-state index is 13.5. The summed E-state index contributed by atoms with van der Waals surface area (Å²) in [6, 6.07) is 4.95. The van der Waals surface area contributed by atoms with Crippen molar-refractivity contribution in [3.8, 4) is 0 Å². The Morgan fingerprint density at radius 3 is 2.78 bits per heavy atom. The smallest absolute Gasteiger partial charge is 0.239 e. The fourth-order valence-corrected chi connectivity index (χ4v) is 1.60. The third kappa shape index (κ3) is 2.61. The lowest BCUT2D eigenvalue weighted by atomic mass is 10.3. The highest BCUT2D eigenvalue weighted by Crippen LogP contribution is 2.31. The molecule has 0 amide bonds. The average molecular weight is 288 g/mol. The van der Waals surface area contributed by atoms with Gasteiger partial charge in [0, 0.05) is 0 Å². The fraction of sp³-hybridized carbons (Fsp3) is 0. The van der Waals surface area contributed by atoms with Crippen molar-refractivity contribution in [2.75, 3.05) is 10.7 Å². The molecule has 0 bridgehead atoms. The van der Waals surface area contributed by atoms with Gasteiger partial charge in [0.15, 0.2) is 11.6 Å². The first-order valence-corrected chi connectivity index (χ1v) is 5.57. The van der Waals surface area contributed by atoms with E-state index in [0.29, 0.717) is 10.7 Å². The number of nitrogens with one attached hydrogen (secondary N) is 2. The molecular weight excluding hydrogens is 280 g/mol. The van der Waals surface area contributed by atoms with Crippen molar-refractivity contribution in [3.05, 3.63) is 40.3 Å². The molecule has 0 fully saturated rings. The summed E-state index contributed by atoms with van der Waals surface area (Å²) in [5.74, 6) is 4.54. The maximum absolute atomic E-state index is 13.5. The quantitative estimate of drug-likeness (QED) is 0.598. The van der Waals surface area contributed by atoms with E-state index >= 15 is 0 Å². The molecule has 4 N–H and O–H groups in total. The van der Waals surface area contributed by atoms with Crippen LogP contribution in [0, 0.1) is 5.82 Å². The summed E-state index contributed by atoms with van der Waals surface area (Å²) in [5, 5.41) is 3.35. The predicted octanol–water partition coefficient (Wildman–Crippen LogP) is 2.95. The number of nitrogens with zero attached hydrogens (tertiary/aromatic N) is 2. The second kappa shape index (κ2) is 5.34. The second-order valence-corrected chi connectivity index (χ2v) is 4.05. The number of halogens is 3. The zero-order valence-corrected chi connectivity index (χ0v) is 10.4. The lowest BCUT2D eigenvalue weighted by molar-refractivity contribution is 0.619. The summed E-state index contributed by atoms with van der Waals surface area (Å²) < 4.78 is 13.5. The first-order valence-electron chi connectivity index (χ1n) is 4.82. The highest BCUT2D eigenvalue weighted by atomic mass is 35.5. The minimum atomic E-state index is -0.634. The molecule has 2 rings (SSSR count). The van der Waals surface area contributed by atoms with Crippen molar-refractivity contribution in [1.29, 1.82) is 0 Å². The molecule has 18 heavy (non-hydrogen) atoms. The van der Waals surface area contributed by atoms with Gasteiger partial charge < -0.3 is 5.32 Å². The normalized spacial score (nSPS) is 10.2. The zero-order chi connectivity index (χ0) is 13.1. The number of rotatable bonds is 3. The maximum Gasteiger partial charge on any atom is 0.239 e. The van der Waals surface area contributed by atoms with Crippen LogP contribution < -0.4 is 16.6 Å². The number of benzene rings is 1. The molecule has 0 saturated heterocycles. The van der Waals surface area contributed by atoms with Crippen LogP contribution in [-0.2, 0) is 0 Å². The van der Waals surface area contributed by atoms with Crippen molar-refractivity contribution in [2.45, 2.75) is 0 Å². The summed E-state index contributed by atoms with van der Waals surface area (Å²) in [4.78, 5) is 7.44. The summed E-state index contributed by atoms with van der Waals surface area (Å²) in [5.41, 5.74) is 2.65. The van der Waals surface area contributed by atoms with Gasteiger partial charge in [0.2, 0.25) is 5.95 Å². The van der Waals surface area contributed by atoms with Crippen molar-refractivity contribution in [3.63, 3.8) is 0 Å². The van der Waals surface area contributed by atoms with E-state index in [2.05, 4.69) is 20.7 Å². The molecule has 94 valence electrons. The van der Waals surface area contributed by atoms with E-state index in [1.54, 1.807) is 18.2 Å². The van der Waals surface area contributed by atoms with Crippen LogP contribution in [0.1, 0.15) is 0 Å². The molecule has 0 aliphatic rings. The Morgan fingerprint density at radius 1 is 1.28 bits per heavy atom. The standard InChI is InChI=1S/C10H8Cl2FN5/c11-5-2-1-3-7(8(5)12)16-9-6(13)4-15-10(17-9)18-14/h1-4H,14H2,(H2,15,16,17,18). The van der Waals surface area contributed by atoms with Crippen molar-refractivity contribution in [2.24, 2.45) is 5.84 Å². The van der Waals surface area contributed by atoms with Gasteiger partial charge in [-0.05, 0) is 12.1 Å². The lowest BCUT2D eigenvalue weighted by Crippen LogP contribution is -2.12. The molecule has 1 aromatic carbocycles. The number of nitrogens with two attached hydrogens (primary N) is 1. The van der Waals surface area contributed by atoms with Gasteiger partial charge in [-0.3, -0.25) is 5.43 Å². The molecule has 0 aliphatic carbocycles. The Balaban J connectivity index is 2.36. The minimum Gasteiger partial charge on any atom is -0.336 e. The third-order valence-corrected chi connectivity index (χ3v) is 2.90. The Morgan fingerprint density at radius 2 is 2.06 bits per heavy atom. The van der Waals surface area contributed by atoms with E-state index in [4.69, 9.17) is 29.0 Å². The molecule has 0 atom stereocenters. The second-order valence-electron chi connectivity index (χ2n) is 3.26. The Bertz CT molecular complexity index is 578. The number of anilines is 3. The summed E-state index contributed by atoms with van der Waals surface area (Å²) >= 11 is 11.8. The Labute approximate surface area is 112 Å². The van der Waals surface area contributed by atoms with E-state index in [1.807, 2.05) is 0 Å². The molecule has 1 heterocycles. The van der Waals surface area contributed by atoms with Crippen LogP contribution in [0.4, 0.5) is 21.8 Å². The fourth-order valence-electron chi connectivity index (χ4n) is 1.25. The molecule has 0 aliphatic heterocycles. The molecule has 8 heteroatoms. The highest BCUT2D eigenvalue weighted by molar-refractivity contribution is 6.43. The first kappa shape index (κ1) is 12.8. The molecule has 0 radical (unpaired) electrons. The van der Waals surface area contributed by atoms with Gasteiger partial charge >= 0.3 is 0 Å². The molecule has 1 aromatic heterocycles. The first-order chi connectivity index (χ1) is 8.61. The van der Waals surface area contributed by atoms with Crippen LogP contribution in [0.2, 0.25) is 10.0 Å². The summed E-state index contributed by atoms with van der Waals surface area (Å²) in [6.07, 6.45) is 0.989. The molecule has 0 unspecified atom stereocenters. The van der Waals surface area contributed by atoms with Gasteiger partial charge in [-0.15, -0.1) is 0 Å². The van der Waals surface area contributed by atoms with Gasteiger partial charge in [-0.25, -0.2) is 15.2 Å². The average Bonchev–Trinajstić information content (AvgIpc) is 2.37.